The van der Waals surface area contributed by atoms with Crippen molar-refractivity contribution in [1.82, 2.24) is 9.13 Å². The fraction of sp³-hybridized carbons (Fsp3) is 0.533. The van der Waals surface area contributed by atoms with Crippen molar-refractivity contribution in [1.29, 1.82) is 0 Å². The lowest BCUT2D eigenvalue weighted by atomic mass is 10.2. The maximum atomic E-state index is 12.6. The van der Waals surface area contributed by atoms with E-state index in [0.29, 0.717) is 19.7 Å². The van der Waals surface area contributed by atoms with E-state index in [1.54, 1.807) is 11.7 Å². The average Bonchev–Trinajstić information content (AvgIpc) is 3.09. The molecule has 2 aromatic rings. The molecule has 2 aromatic heterocycles. The maximum Gasteiger partial charge on any atom is 0.275 e. The molecule has 0 aliphatic carbocycles. The van der Waals surface area contributed by atoms with Crippen molar-refractivity contribution in [3.8, 4) is 0 Å². The molecule has 3 rings (SSSR count). The molecule has 5 heteroatoms. The van der Waals surface area contributed by atoms with Crippen LogP contribution in [0.1, 0.15) is 12.8 Å². The Kier molecular flexibility index (Phi) is 3.89. The van der Waals surface area contributed by atoms with Crippen molar-refractivity contribution < 1.29 is 9.47 Å². The van der Waals surface area contributed by atoms with Gasteiger partial charge in [-0.1, -0.05) is 0 Å². The Morgan fingerprint density at radius 2 is 2.15 bits per heavy atom. The van der Waals surface area contributed by atoms with Gasteiger partial charge in [-0.05, 0) is 25.0 Å². The summed E-state index contributed by atoms with van der Waals surface area (Å²) in [5.41, 5.74) is 0.807. The third-order valence-corrected chi connectivity index (χ3v) is 3.85. The van der Waals surface area contributed by atoms with Gasteiger partial charge >= 0.3 is 0 Å². The van der Waals surface area contributed by atoms with Gasteiger partial charge in [0.25, 0.3) is 5.56 Å². The number of nitrogens with zero attached hydrogens (tertiary/aromatic N) is 2. The molecule has 1 aliphatic heterocycles. The van der Waals surface area contributed by atoms with Crippen LogP contribution in [-0.2, 0) is 22.6 Å². The standard InChI is InChI=1S/C15H20N2O3/c1-19-10-8-16-6-4-12-5-7-17(15(18)14(12)16)11-13-3-2-9-20-13/h4-7,13H,2-3,8-11H2,1H3/t13-/m1/s1. The quantitative estimate of drug-likeness (QED) is 0.834. The minimum atomic E-state index is 0.0547. The van der Waals surface area contributed by atoms with Gasteiger partial charge in [0.1, 0.15) is 5.52 Å². The summed E-state index contributed by atoms with van der Waals surface area (Å²) < 4.78 is 14.4. The van der Waals surface area contributed by atoms with Crippen molar-refractivity contribution >= 4 is 10.9 Å². The molecule has 1 aliphatic rings. The SMILES string of the molecule is COCCn1ccc2ccn(C[C@H]3CCCO3)c(=O)c21. The second-order valence-electron chi connectivity index (χ2n) is 5.21. The average molecular weight is 276 g/mol. The predicted octanol–water partition coefficient (Wildman–Crippen LogP) is 1.63. The summed E-state index contributed by atoms with van der Waals surface area (Å²) in [4.78, 5) is 12.6. The number of aromatic nitrogens is 2. The van der Waals surface area contributed by atoms with Gasteiger partial charge < -0.3 is 18.6 Å². The predicted molar refractivity (Wildman–Crippen MR) is 77.0 cm³/mol. The van der Waals surface area contributed by atoms with Crippen LogP contribution in [0.5, 0.6) is 0 Å². The van der Waals surface area contributed by atoms with Gasteiger partial charge in [-0.15, -0.1) is 0 Å². The molecule has 3 heterocycles. The van der Waals surface area contributed by atoms with E-state index in [9.17, 15) is 4.79 Å². The van der Waals surface area contributed by atoms with E-state index >= 15 is 0 Å². The Labute approximate surface area is 117 Å². The molecule has 0 radical (unpaired) electrons. The van der Waals surface area contributed by atoms with Crippen LogP contribution in [0.25, 0.3) is 10.9 Å². The highest BCUT2D eigenvalue weighted by molar-refractivity contribution is 5.78. The van der Waals surface area contributed by atoms with Crippen molar-refractivity contribution in [2.45, 2.75) is 32.0 Å². The van der Waals surface area contributed by atoms with Gasteiger partial charge in [0, 0.05) is 38.0 Å². The van der Waals surface area contributed by atoms with E-state index in [0.717, 1.165) is 30.4 Å². The van der Waals surface area contributed by atoms with Crippen LogP contribution in [0.4, 0.5) is 0 Å². The van der Waals surface area contributed by atoms with Crippen LogP contribution in [0.2, 0.25) is 0 Å². The van der Waals surface area contributed by atoms with Gasteiger partial charge in [-0.25, -0.2) is 0 Å². The van der Waals surface area contributed by atoms with E-state index in [1.807, 2.05) is 29.1 Å². The first kappa shape index (κ1) is 13.4. The number of rotatable bonds is 5. The molecular weight excluding hydrogens is 256 g/mol. The van der Waals surface area contributed by atoms with Crippen LogP contribution >= 0.6 is 0 Å². The van der Waals surface area contributed by atoms with Gasteiger partial charge in [0.05, 0.1) is 19.3 Å². The smallest absolute Gasteiger partial charge is 0.275 e. The molecule has 1 atom stereocenters. The van der Waals surface area contributed by atoms with Crippen LogP contribution in [0.15, 0.2) is 29.3 Å². The highest BCUT2D eigenvalue weighted by Gasteiger charge is 2.17. The number of fused-ring (bicyclic) bond motifs is 1. The topological polar surface area (TPSA) is 45.4 Å². The van der Waals surface area contributed by atoms with E-state index in [-0.39, 0.29) is 11.7 Å². The van der Waals surface area contributed by atoms with Crippen molar-refractivity contribution in [3.63, 3.8) is 0 Å². The Morgan fingerprint density at radius 3 is 2.85 bits per heavy atom. The zero-order valence-electron chi connectivity index (χ0n) is 11.7. The molecule has 5 nitrogen and oxygen atoms in total. The molecule has 0 unspecified atom stereocenters. The summed E-state index contributed by atoms with van der Waals surface area (Å²) >= 11 is 0. The monoisotopic (exact) mass is 276 g/mol. The lowest BCUT2D eigenvalue weighted by Gasteiger charge is -2.12. The first-order valence-corrected chi connectivity index (χ1v) is 7.08. The summed E-state index contributed by atoms with van der Waals surface area (Å²) in [5, 5.41) is 0.981. The molecule has 0 bridgehead atoms. The van der Waals surface area contributed by atoms with Crippen molar-refractivity contribution in [2.75, 3.05) is 20.3 Å². The van der Waals surface area contributed by atoms with Crippen LogP contribution < -0.4 is 5.56 Å². The molecule has 20 heavy (non-hydrogen) atoms. The number of hydrogen-bond donors (Lipinski definition) is 0. The van der Waals surface area contributed by atoms with E-state index in [2.05, 4.69) is 0 Å². The Bertz CT molecular complexity index is 638. The van der Waals surface area contributed by atoms with Gasteiger partial charge in [-0.2, -0.15) is 0 Å². The molecule has 0 amide bonds. The largest absolute Gasteiger partial charge is 0.383 e. The second kappa shape index (κ2) is 5.81. The van der Waals surface area contributed by atoms with Crippen molar-refractivity contribution in [3.05, 3.63) is 34.9 Å². The van der Waals surface area contributed by atoms with Gasteiger partial charge in [0.2, 0.25) is 0 Å². The van der Waals surface area contributed by atoms with Gasteiger partial charge in [0.15, 0.2) is 0 Å². The highest BCUT2D eigenvalue weighted by Crippen LogP contribution is 2.15. The molecule has 0 saturated carbocycles. The van der Waals surface area contributed by atoms with Gasteiger partial charge in [-0.3, -0.25) is 4.79 Å². The maximum absolute atomic E-state index is 12.6. The van der Waals surface area contributed by atoms with Crippen LogP contribution in [-0.4, -0.2) is 35.6 Å². The minimum Gasteiger partial charge on any atom is -0.383 e. The second-order valence-corrected chi connectivity index (χ2v) is 5.21. The first-order chi connectivity index (χ1) is 9.79. The Morgan fingerprint density at radius 1 is 1.35 bits per heavy atom. The third kappa shape index (κ3) is 2.51. The lowest BCUT2D eigenvalue weighted by molar-refractivity contribution is 0.0962. The highest BCUT2D eigenvalue weighted by atomic mass is 16.5. The number of pyridine rings is 1. The summed E-state index contributed by atoms with van der Waals surface area (Å²) in [5.74, 6) is 0. The molecule has 1 saturated heterocycles. The molecule has 0 spiro atoms. The molecule has 0 aromatic carbocycles. The van der Waals surface area contributed by atoms with E-state index in [4.69, 9.17) is 9.47 Å². The summed E-state index contributed by atoms with van der Waals surface area (Å²) in [7, 11) is 1.67. The zero-order chi connectivity index (χ0) is 13.9. The zero-order valence-corrected chi connectivity index (χ0v) is 11.7. The molecule has 1 fully saturated rings. The van der Waals surface area contributed by atoms with E-state index in [1.165, 1.54) is 0 Å². The normalized spacial score (nSPS) is 18.9. The molecule has 0 N–H and O–H groups in total. The summed E-state index contributed by atoms with van der Waals surface area (Å²) in [6.45, 7) is 2.75. The Hall–Kier alpha value is -1.59. The summed E-state index contributed by atoms with van der Waals surface area (Å²) in [6, 6.07) is 3.97. The third-order valence-electron chi connectivity index (χ3n) is 3.85. The van der Waals surface area contributed by atoms with Crippen LogP contribution in [0, 0.1) is 0 Å². The number of methoxy groups -OCH3 is 1. The molecular formula is C15H20N2O3. The fourth-order valence-corrected chi connectivity index (χ4v) is 2.77. The van der Waals surface area contributed by atoms with E-state index < -0.39 is 0 Å². The number of hydrogen-bond acceptors (Lipinski definition) is 3. The lowest BCUT2D eigenvalue weighted by Crippen LogP contribution is -2.27. The summed E-state index contributed by atoms with van der Waals surface area (Å²) in [6.07, 6.45) is 6.11. The number of ether oxygens (including phenoxy) is 2. The van der Waals surface area contributed by atoms with Crippen molar-refractivity contribution in [2.24, 2.45) is 0 Å². The fourth-order valence-electron chi connectivity index (χ4n) is 2.77. The molecule has 108 valence electrons. The first-order valence-electron chi connectivity index (χ1n) is 7.08. The minimum absolute atomic E-state index is 0.0547. The van der Waals surface area contributed by atoms with Crippen LogP contribution in [0.3, 0.4) is 0 Å². The Balaban J connectivity index is 1.93.